The van der Waals surface area contributed by atoms with Crippen molar-refractivity contribution in [2.45, 2.75) is 84.2 Å². The maximum absolute atomic E-state index is 12.0. The van der Waals surface area contributed by atoms with Crippen LogP contribution in [0.25, 0.3) is 0 Å². The molecule has 3 nitrogen and oxygen atoms in total. The summed E-state index contributed by atoms with van der Waals surface area (Å²) in [6.07, 6.45) is -3.15. The van der Waals surface area contributed by atoms with Gasteiger partial charge in [0.1, 0.15) is 0 Å². The topological polar surface area (TPSA) is 38.7 Å². The predicted molar refractivity (Wildman–Crippen MR) is 74.4 cm³/mol. The summed E-state index contributed by atoms with van der Waals surface area (Å²) >= 11 is 0. The van der Waals surface area contributed by atoms with Crippen molar-refractivity contribution >= 4 is 8.80 Å². The zero-order valence-corrected chi connectivity index (χ0v) is 13.8. The van der Waals surface area contributed by atoms with E-state index in [1.165, 1.54) is 0 Å². The molecule has 0 aliphatic carbocycles. The molecule has 20 heavy (non-hydrogen) atoms. The average Bonchev–Trinajstić information content (AvgIpc) is 2.18. The Labute approximate surface area is 120 Å². The maximum Gasteiger partial charge on any atom is 0.498 e. The van der Waals surface area contributed by atoms with Gasteiger partial charge in [-0.05, 0) is 40.5 Å². The Morgan fingerprint density at radius 2 is 1.35 bits per heavy atom. The lowest BCUT2D eigenvalue weighted by atomic mass is 10.1. The molecule has 7 heteroatoms. The summed E-state index contributed by atoms with van der Waals surface area (Å²) in [5.74, 6) is 0. The molecule has 0 aliphatic heterocycles. The third-order valence-corrected chi connectivity index (χ3v) is 5.21. The van der Waals surface area contributed by atoms with Crippen LogP contribution in [0.5, 0.6) is 0 Å². The first-order valence-corrected chi connectivity index (χ1v) is 9.16. The van der Waals surface area contributed by atoms with E-state index < -0.39 is 21.4 Å². The van der Waals surface area contributed by atoms with Gasteiger partial charge in [-0.2, -0.15) is 13.2 Å². The van der Waals surface area contributed by atoms with E-state index in [0.717, 1.165) is 0 Å². The average molecular weight is 316 g/mol. The number of hydrogen-bond acceptors (Lipinski definition) is 3. The van der Waals surface area contributed by atoms with Gasteiger partial charge in [0.05, 0.1) is 0 Å². The number of unbranched alkanes of at least 4 members (excludes halogenated alkanes) is 3. The van der Waals surface area contributed by atoms with Crippen LogP contribution in [0.1, 0.15) is 59.8 Å². The van der Waals surface area contributed by atoms with Crippen molar-refractivity contribution in [3.63, 3.8) is 0 Å². The summed E-state index contributed by atoms with van der Waals surface area (Å²) in [5.41, 5.74) is 0. The molecule has 122 valence electrons. The SMILES string of the molecule is CC(C)O[Si](O)(CCCCCCC(F)(F)F)OC(C)C. The van der Waals surface area contributed by atoms with Crippen LogP contribution < -0.4 is 0 Å². The smallest absolute Gasteiger partial charge is 0.390 e. The molecule has 0 aromatic rings. The molecule has 0 aromatic heterocycles. The van der Waals surface area contributed by atoms with Crippen LogP contribution in [0.2, 0.25) is 6.04 Å². The Hall–Kier alpha value is -0.113. The quantitative estimate of drug-likeness (QED) is 0.483. The molecular weight excluding hydrogens is 289 g/mol. The fourth-order valence-corrected chi connectivity index (χ4v) is 4.37. The lowest BCUT2D eigenvalue weighted by molar-refractivity contribution is -0.135. The molecule has 0 unspecified atom stereocenters. The molecule has 0 bridgehead atoms. The van der Waals surface area contributed by atoms with E-state index in [4.69, 9.17) is 8.85 Å². The second-order valence-corrected chi connectivity index (χ2v) is 7.97. The molecule has 0 fully saturated rings. The number of hydrogen-bond donors (Lipinski definition) is 1. The minimum Gasteiger partial charge on any atom is -0.390 e. The van der Waals surface area contributed by atoms with E-state index in [-0.39, 0.29) is 18.6 Å². The zero-order valence-electron chi connectivity index (χ0n) is 12.8. The van der Waals surface area contributed by atoms with Crippen LogP contribution in [0.15, 0.2) is 0 Å². The largest absolute Gasteiger partial charge is 0.498 e. The van der Waals surface area contributed by atoms with E-state index in [1.54, 1.807) is 0 Å². The van der Waals surface area contributed by atoms with Crippen molar-refractivity contribution in [1.82, 2.24) is 0 Å². The van der Waals surface area contributed by atoms with E-state index in [9.17, 15) is 18.0 Å². The van der Waals surface area contributed by atoms with Crippen LogP contribution in [0.4, 0.5) is 13.2 Å². The van der Waals surface area contributed by atoms with Gasteiger partial charge in [-0.25, -0.2) is 0 Å². The van der Waals surface area contributed by atoms with Crippen LogP contribution in [0.3, 0.4) is 0 Å². The van der Waals surface area contributed by atoms with Crippen molar-refractivity contribution in [2.24, 2.45) is 0 Å². The summed E-state index contributed by atoms with van der Waals surface area (Å²) in [5, 5.41) is 0. The van der Waals surface area contributed by atoms with E-state index >= 15 is 0 Å². The second kappa shape index (κ2) is 9.02. The highest BCUT2D eigenvalue weighted by Crippen LogP contribution is 2.24. The van der Waals surface area contributed by atoms with Gasteiger partial charge in [0.15, 0.2) is 0 Å². The standard InChI is InChI=1S/C13H27F3O3Si/c1-11(2)18-20(17,19-12(3)4)10-8-6-5-7-9-13(14,15)16/h11-12,17H,5-10H2,1-4H3. The molecule has 0 atom stereocenters. The maximum atomic E-state index is 12.0. The Bertz CT molecular complexity index is 248. The van der Waals surface area contributed by atoms with Gasteiger partial charge < -0.3 is 13.6 Å². The van der Waals surface area contributed by atoms with Crippen molar-refractivity contribution in [3.8, 4) is 0 Å². The number of halogens is 3. The Balaban J connectivity index is 3.96. The van der Waals surface area contributed by atoms with Crippen LogP contribution in [0, 0.1) is 0 Å². The minimum absolute atomic E-state index is 0.129. The molecular formula is C13H27F3O3Si. The fourth-order valence-electron chi connectivity index (χ4n) is 1.91. The van der Waals surface area contributed by atoms with E-state index in [1.807, 2.05) is 27.7 Å². The Morgan fingerprint density at radius 3 is 1.75 bits per heavy atom. The highest BCUT2D eigenvalue weighted by atomic mass is 28.4. The molecule has 0 heterocycles. The summed E-state index contributed by atoms with van der Waals surface area (Å²) in [6.45, 7) is 7.30. The van der Waals surface area contributed by atoms with Crippen molar-refractivity contribution < 1.29 is 26.8 Å². The zero-order chi connectivity index (χ0) is 15.8. The minimum atomic E-state index is -4.07. The molecule has 0 saturated carbocycles. The summed E-state index contributed by atoms with van der Waals surface area (Å²) in [6, 6.07) is 0.398. The van der Waals surface area contributed by atoms with Gasteiger partial charge in [-0.1, -0.05) is 12.8 Å². The summed E-state index contributed by atoms with van der Waals surface area (Å²) in [7, 11) is -3.19. The lowest BCUT2D eigenvalue weighted by Crippen LogP contribution is -2.46. The Kier molecular flexibility index (Phi) is 8.97. The summed E-state index contributed by atoms with van der Waals surface area (Å²) in [4.78, 5) is 10.4. The lowest BCUT2D eigenvalue weighted by Gasteiger charge is -2.28. The molecule has 0 aromatic carbocycles. The summed E-state index contributed by atoms with van der Waals surface area (Å²) < 4.78 is 46.9. The van der Waals surface area contributed by atoms with Gasteiger partial charge in [-0.3, -0.25) is 0 Å². The molecule has 0 radical (unpaired) electrons. The van der Waals surface area contributed by atoms with Crippen LogP contribution in [-0.4, -0.2) is 32.0 Å². The third kappa shape index (κ3) is 11.7. The molecule has 0 spiro atoms. The highest BCUT2D eigenvalue weighted by molar-refractivity contribution is 6.59. The molecule has 0 aliphatic rings. The molecule has 0 saturated heterocycles. The fraction of sp³-hybridized carbons (Fsp3) is 1.00. The monoisotopic (exact) mass is 316 g/mol. The molecule has 0 rings (SSSR count). The van der Waals surface area contributed by atoms with E-state index in [0.29, 0.717) is 25.3 Å². The molecule has 0 amide bonds. The number of rotatable bonds is 10. The van der Waals surface area contributed by atoms with Gasteiger partial charge in [0.2, 0.25) is 0 Å². The van der Waals surface area contributed by atoms with Gasteiger partial charge >= 0.3 is 15.0 Å². The van der Waals surface area contributed by atoms with E-state index in [2.05, 4.69) is 0 Å². The van der Waals surface area contributed by atoms with Crippen molar-refractivity contribution in [3.05, 3.63) is 0 Å². The van der Waals surface area contributed by atoms with Crippen LogP contribution >= 0.6 is 0 Å². The first-order chi connectivity index (χ1) is 9.04. The third-order valence-electron chi connectivity index (χ3n) is 2.54. The predicted octanol–water partition coefficient (Wildman–Crippen LogP) is 4.28. The molecule has 1 N–H and O–H groups in total. The Morgan fingerprint density at radius 1 is 0.900 bits per heavy atom. The van der Waals surface area contributed by atoms with Crippen molar-refractivity contribution in [2.75, 3.05) is 0 Å². The first-order valence-electron chi connectivity index (χ1n) is 7.19. The van der Waals surface area contributed by atoms with Crippen LogP contribution in [-0.2, 0) is 8.85 Å². The van der Waals surface area contributed by atoms with Crippen molar-refractivity contribution in [1.29, 1.82) is 0 Å². The first kappa shape index (κ1) is 19.9. The van der Waals surface area contributed by atoms with Gasteiger partial charge in [0.25, 0.3) is 0 Å². The second-order valence-electron chi connectivity index (χ2n) is 5.58. The number of alkyl halides is 3. The van der Waals surface area contributed by atoms with Gasteiger partial charge in [0, 0.05) is 24.7 Å². The highest BCUT2D eigenvalue weighted by Gasteiger charge is 2.38. The van der Waals surface area contributed by atoms with Gasteiger partial charge in [-0.15, -0.1) is 0 Å². The normalized spacial score (nSPS) is 13.5.